The van der Waals surface area contributed by atoms with Crippen LogP contribution >= 0.6 is 0 Å². The number of hydrogen-bond acceptors (Lipinski definition) is 1. The number of hydrogen-bond donors (Lipinski definition) is 0. The Kier molecular flexibility index (Phi) is 5.50. The molecule has 27 heavy (non-hydrogen) atoms. The number of ether oxygens (including phenoxy) is 1. The van der Waals surface area contributed by atoms with Crippen LogP contribution in [0.4, 0.5) is 65.9 Å². The molecular weight excluding hydrogens is 433 g/mol. The van der Waals surface area contributed by atoms with Gasteiger partial charge in [-0.15, -0.1) is 0 Å². The van der Waals surface area contributed by atoms with Crippen molar-refractivity contribution in [1.82, 2.24) is 0 Å². The molecule has 162 valence electrons. The van der Waals surface area contributed by atoms with Gasteiger partial charge < -0.3 is 4.74 Å². The van der Waals surface area contributed by atoms with Crippen LogP contribution < -0.4 is 0 Å². The number of alkyl halides is 15. The van der Waals surface area contributed by atoms with E-state index in [1.807, 2.05) is 0 Å². The molecule has 0 aromatic carbocycles. The Bertz CT molecular complexity index is 527. The Hall–Kier alpha value is -1.09. The zero-order valence-corrected chi connectivity index (χ0v) is 12.3. The van der Waals surface area contributed by atoms with Gasteiger partial charge in [0, 0.05) is 6.42 Å². The first-order valence-electron chi connectivity index (χ1n) is 6.53. The molecule has 1 saturated heterocycles. The van der Waals surface area contributed by atoms with E-state index in [1.165, 1.54) is 0 Å². The minimum Gasteiger partial charge on any atom is -0.373 e. The van der Waals surface area contributed by atoms with E-state index in [9.17, 15) is 65.9 Å². The van der Waals surface area contributed by atoms with Gasteiger partial charge in [0.15, 0.2) is 0 Å². The van der Waals surface area contributed by atoms with E-state index in [1.54, 1.807) is 0 Å². The van der Waals surface area contributed by atoms with Crippen molar-refractivity contribution >= 4 is 0 Å². The van der Waals surface area contributed by atoms with Crippen molar-refractivity contribution in [3.63, 3.8) is 0 Å². The smallest absolute Gasteiger partial charge is 0.373 e. The molecule has 1 atom stereocenters. The monoisotopic (exact) mass is 440 g/mol. The van der Waals surface area contributed by atoms with Gasteiger partial charge in [-0.3, -0.25) is 0 Å². The molecule has 1 aliphatic heterocycles. The molecule has 1 unspecified atom stereocenters. The third-order valence-corrected chi connectivity index (χ3v) is 3.64. The van der Waals surface area contributed by atoms with E-state index < -0.39 is 60.7 Å². The van der Waals surface area contributed by atoms with Crippen LogP contribution in [0.25, 0.3) is 0 Å². The van der Waals surface area contributed by atoms with Gasteiger partial charge in [-0.25, -0.2) is 4.39 Å². The second kappa shape index (κ2) is 6.20. The molecule has 1 heterocycles. The minimum atomic E-state index is -8.35. The summed E-state index contributed by atoms with van der Waals surface area (Å²) in [5.41, 5.74) is -8.24. The Balaban J connectivity index is 3.46. The van der Waals surface area contributed by atoms with Crippen LogP contribution in [-0.4, -0.2) is 54.4 Å². The van der Waals surface area contributed by atoms with Crippen LogP contribution in [0, 0.1) is 0 Å². The van der Waals surface area contributed by atoms with E-state index in [-0.39, 0.29) is 6.61 Å². The quantitative estimate of drug-likeness (QED) is 0.374. The molecule has 0 amide bonds. The summed E-state index contributed by atoms with van der Waals surface area (Å²) in [6.07, 6.45) is -20.5. The van der Waals surface area contributed by atoms with Crippen molar-refractivity contribution in [3.05, 3.63) is 0 Å². The second-order valence-electron chi connectivity index (χ2n) is 5.58. The van der Waals surface area contributed by atoms with Gasteiger partial charge in [0.1, 0.15) is 0 Å². The predicted octanol–water partition coefficient (Wildman–Crippen LogP) is 5.54. The molecule has 0 aromatic rings. The van der Waals surface area contributed by atoms with Crippen LogP contribution in [0.5, 0.6) is 0 Å². The standard InChI is InChI=1S/C11H7F15O/c12-5(13,2-1-4-3-27-4)7(15,16)9(19,20)8(17,18)6(14,10(21,22)23)11(24,25)26/h4H,1-3H2. The Labute approximate surface area is 139 Å². The molecule has 1 aliphatic rings. The van der Waals surface area contributed by atoms with Crippen LogP contribution in [0.1, 0.15) is 12.8 Å². The van der Waals surface area contributed by atoms with Gasteiger partial charge in [-0.1, -0.05) is 0 Å². The molecule has 0 aromatic heterocycles. The van der Waals surface area contributed by atoms with E-state index in [0.717, 1.165) is 0 Å². The van der Waals surface area contributed by atoms with Crippen molar-refractivity contribution in [1.29, 1.82) is 0 Å². The molecule has 1 nitrogen and oxygen atoms in total. The van der Waals surface area contributed by atoms with Gasteiger partial charge in [-0.05, 0) is 6.42 Å². The molecule has 0 radical (unpaired) electrons. The fourth-order valence-electron chi connectivity index (χ4n) is 1.89. The van der Waals surface area contributed by atoms with Gasteiger partial charge in [0.2, 0.25) is 0 Å². The average molecular weight is 440 g/mol. The molecule has 1 rings (SSSR count). The largest absolute Gasteiger partial charge is 0.438 e. The fraction of sp³-hybridized carbons (Fsp3) is 1.00. The van der Waals surface area contributed by atoms with Crippen LogP contribution in [0.15, 0.2) is 0 Å². The number of epoxide rings is 1. The first-order valence-corrected chi connectivity index (χ1v) is 6.53. The lowest BCUT2D eigenvalue weighted by molar-refractivity contribution is -0.457. The topological polar surface area (TPSA) is 12.5 Å². The number of halogens is 15. The highest BCUT2D eigenvalue weighted by Gasteiger charge is 2.95. The lowest BCUT2D eigenvalue weighted by Crippen LogP contribution is -2.75. The summed E-state index contributed by atoms with van der Waals surface area (Å²) < 4.78 is 197. The van der Waals surface area contributed by atoms with Crippen LogP contribution in [0.2, 0.25) is 0 Å². The van der Waals surface area contributed by atoms with E-state index in [2.05, 4.69) is 4.74 Å². The fourth-order valence-corrected chi connectivity index (χ4v) is 1.89. The lowest BCUT2D eigenvalue weighted by Gasteiger charge is -2.43. The molecule has 0 N–H and O–H groups in total. The predicted molar refractivity (Wildman–Crippen MR) is 54.7 cm³/mol. The third-order valence-electron chi connectivity index (χ3n) is 3.64. The summed E-state index contributed by atoms with van der Waals surface area (Å²) in [4.78, 5) is 0. The maximum absolute atomic E-state index is 13.3. The number of rotatable bonds is 7. The Morgan fingerprint density at radius 3 is 1.26 bits per heavy atom. The van der Waals surface area contributed by atoms with Crippen molar-refractivity contribution in [2.75, 3.05) is 6.61 Å². The molecule has 0 spiro atoms. The SMILES string of the molecule is FC(F)(F)C(F)(C(F)(F)F)C(F)(F)C(F)(F)C(F)(F)C(F)(F)CCC1CO1. The summed E-state index contributed by atoms with van der Waals surface area (Å²) in [5.74, 6) is -30.1. The van der Waals surface area contributed by atoms with Gasteiger partial charge in [-0.2, -0.15) is 61.5 Å². The maximum Gasteiger partial charge on any atom is 0.438 e. The zero-order chi connectivity index (χ0) is 21.9. The maximum atomic E-state index is 13.3. The molecule has 0 aliphatic carbocycles. The van der Waals surface area contributed by atoms with E-state index in [0.29, 0.717) is 0 Å². The summed E-state index contributed by atoms with van der Waals surface area (Å²) in [7, 11) is 0. The van der Waals surface area contributed by atoms with Gasteiger partial charge in [0.25, 0.3) is 0 Å². The molecule has 0 saturated carbocycles. The lowest BCUT2D eigenvalue weighted by atomic mass is 9.85. The summed E-state index contributed by atoms with van der Waals surface area (Å²) >= 11 is 0. The molecular formula is C11H7F15O. The first-order chi connectivity index (χ1) is 11.6. The van der Waals surface area contributed by atoms with Crippen LogP contribution in [0.3, 0.4) is 0 Å². The van der Waals surface area contributed by atoms with Crippen molar-refractivity contribution < 1.29 is 70.6 Å². The van der Waals surface area contributed by atoms with Gasteiger partial charge >= 0.3 is 41.7 Å². The van der Waals surface area contributed by atoms with Crippen molar-refractivity contribution in [2.24, 2.45) is 0 Å². The molecule has 0 bridgehead atoms. The highest BCUT2D eigenvalue weighted by molar-refractivity contribution is 5.16. The summed E-state index contributed by atoms with van der Waals surface area (Å²) in [6, 6.07) is 0. The Morgan fingerprint density at radius 1 is 0.593 bits per heavy atom. The van der Waals surface area contributed by atoms with Crippen molar-refractivity contribution in [2.45, 2.75) is 60.7 Å². The summed E-state index contributed by atoms with van der Waals surface area (Å²) in [5, 5.41) is 0. The van der Waals surface area contributed by atoms with E-state index in [4.69, 9.17) is 0 Å². The van der Waals surface area contributed by atoms with Crippen LogP contribution in [-0.2, 0) is 4.74 Å². The third kappa shape index (κ3) is 3.41. The normalized spacial score (nSPS) is 20.8. The average Bonchev–Trinajstić information content (AvgIpc) is 3.25. The molecule has 1 fully saturated rings. The zero-order valence-electron chi connectivity index (χ0n) is 12.3. The van der Waals surface area contributed by atoms with Crippen molar-refractivity contribution in [3.8, 4) is 0 Å². The summed E-state index contributed by atoms with van der Waals surface area (Å²) in [6.45, 7) is -0.302. The highest BCUT2D eigenvalue weighted by atomic mass is 19.4. The highest BCUT2D eigenvalue weighted by Crippen LogP contribution is 2.64. The first kappa shape index (κ1) is 23.9. The van der Waals surface area contributed by atoms with Gasteiger partial charge in [0.05, 0.1) is 12.7 Å². The minimum absolute atomic E-state index is 0.302. The molecule has 16 heteroatoms. The Morgan fingerprint density at radius 2 is 0.963 bits per heavy atom. The second-order valence-corrected chi connectivity index (χ2v) is 5.58. The van der Waals surface area contributed by atoms with E-state index >= 15 is 0 Å².